The van der Waals surface area contributed by atoms with Gasteiger partial charge in [0, 0.05) is 11.5 Å². The summed E-state index contributed by atoms with van der Waals surface area (Å²) >= 11 is 0. The average molecular weight is 531 g/mol. The quantitative estimate of drug-likeness (QED) is 0.439. The molecular weight excluding hydrogens is 488 g/mol. The second kappa shape index (κ2) is 9.25. The molecule has 8 heteroatoms. The Hall–Kier alpha value is -1.55. The SMILES string of the molecule is C[C@H]1O[C@@H](O[C@H]2C=C3CC[C@@H]4[C@@H](CC[C@@]5(C)[C@@H](c6ccc(=O)oc6)CC[C@]45O)[C@]3(C)CC2)[C@H](O)[C@H](O)[C@H]1O. The maximum Gasteiger partial charge on any atom is 0.335 e. The second-order valence-electron chi connectivity index (χ2n) is 13.1. The van der Waals surface area contributed by atoms with Crippen LogP contribution in [0.25, 0.3) is 0 Å². The lowest BCUT2D eigenvalue weighted by Crippen LogP contribution is -2.60. The second-order valence-corrected chi connectivity index (χ2v) is 13.1. The fourth-order valence-electron chi connectivity index (χ4n) is 9.17. The van der Waals surface area contributed by atoms with Crippen LogP contribution in [0.3, 0.4) is 0 Å². The van der Waals surface area contributed by atoms with Crippen LogP contribution in [0.15, 0.2) is 39.3 Å². The standard InChI is InChI=1S/C30H42O8/c1-16-24(32)25(33)26(34)27(37-16)38-19-8-11-28(2)18(14-19)5-6-22-21(28)9-12-29(3)20(10-13-30(22,29)35)17-4-7-23(31)36-15-17/h4,7,14-16,19-22,24-27,32-35H,5-6,8-13H2,1-3H3/t16-,19-,20-,21-,22-,24+,25-,26-,27+,28-,29+,30+/m1/s1. The van der Waals surface area contributed by atoms with Crippen LogP contribution in [0.5, 0.6) is 0 Å². The van der Waals surface area contributed by atoms with Gasteiger partial charge in [0.25, 0.3) is 0 Å². The summed E-state index contributed by atoms with van der Waals surface area (Å²) in [6, 6.07) is 3.36. The molecular formula is C30H42O8. The zero-order chi connectivity index (χ0) is 27.0. The van der Waals surface area contributed by atoms with Crippen LogP contribution in [0, 0.1) is 22.7 Å². The van der Waals surface area contributed by atoms with Gasteiger partial charge < -0.3 is 34.3 Å². The summed E-state index contributed by atoms with van der Waals surface area (Å²) in [5, 5.41) is 43.0. The molecule has 38 heavy (non-hydrogen) atoms. The summed E-state index contributed by atoms with van der Waals surface area (Å²) in [6.07, 6.45) is 5.32. The zero-order valence-corrected chi connectivity index (χ0v) is 22.6. The summed E-state index contributed by atoms with van der Waals surface area (Å²) in [5.74, 6) is 0.759. The molecule has 4 fully saturated rings. The van der Waals surface area contributed by atoms with Gasteiger partial charge in [-0.1, -0.05) is 25.5 Å². The largest absolute Gasteiger partial charge is 0.431 e. The molecule has 6 rings (SSSR count). The third-order valence-corrected chi connectivity index (χ3v) is 11.5. The van der Waals surface area contributed by atoms with Crippen LogP contribution < -0.4 is 5.63 Å². The Bertz CT molecular complexity index is 1130. The Morgan fingerprint density at radius 3 is 2.47 bits per heavy atom. The van der Waals surface area contributed by atoms with Crippen molar-refractivity contribution in [1.82, 2.24) is 0 Å². The van der Waals surface area contributed by atoms with E-state index >= 15 is 0 Å². The van der Waals surface area contributed by atoms with E-state index in [2.05, 4.69) is 19.9 Å². The van der Waals surface area contributed by atoms with Gasteiger partial charge in [-0.2, -0.15) is 0 Å². The molecule has 4 N–H and O–H groups in total. The van der Waals surface area contributed by atoms with E-state index in [4.69, 9.17) is 13.9 Å². The summed E-state index contributed by atoms with van der Waals surface area (Å²) < 4.78 is 17.0. The van der Waals surface area contributed by atoms with Gasteiger partial charge in [0.1, 0.15) is 18.3 Å². The van der Waals surface area contributed by atoms with Crippen LogP contribution in [0.1, 0.15) is 83.6 Å². The molecule has 8 nitrogen and oxygen atoms in total. The fourth-order valence-corrected chi connectivity index (χ4v) is 9.17. The van der Waals surface area contributed by atoms with E-state index in [1.165, 1.54) is 11.6 Å². The fraction of sp³-hybridized carbons (Fsp3) is 0.767. The lowest BCUT2D eigenvalue weighted by atomic mass is 9.45. The van der Waals surface area contributed by atoms with Gasteiger partial charge in [-0.15, -0.1) is 0 Å². The molecule has 12 atom stereocenters. The molecule has 5 aliphatic rings. The summed E-state index contributed by atoms with van der Waals surface area (Å²) in [5.41, 5.74) is 0.991. The highest BCUT2D eigenvalue weighted by Gasteiger charge is 2.66. The molecule has 2 heterocycles. The predicted octanol–water partition coefficient (Wildman–Crippen LogP) is 3.01. The Morgan fingerprint density at radius 1 is 0.947 bits per heavy atom. The number of aliphatic hydroxyl groups excluding tert-OH is 3. The van der Waals surface area contributed by atoms with E-state index in [1.54, 1.807) is 13.2 Å². The van der Waals surface area contributed by atoms with Gasteiger partial charge in [-0.3, -0.25) is 0 Å². The molecule has 1 aromatic rings. The number of hydrogen-bond acceptors (Lipinski definition) is 8. The molecule has 0 unspecified atom stereocenters. The van der Waals surface area contributed by atoms with Crippen molar-refractivity contribution in [3.63, 3.8) is 0 Å². The molecule has 0 aromatic carbocycles. The van der Waals surface area contributed by atoms with E-state index in [-0.39, 0.29) is 34.4 Å². The van der Waals surface area contributed by atoms with Crippen molar-refractivity contribution in [2.45, 2.75) is 120 Å². The normalized spacial score (nSPS) is 50.5. The molecule has 0 amide bonds. The minimum Gasteiger partial charge on any atom is -0.431 e. The highest BCUT2D eigenvalue weighted by atomic mass is 16.7. The average Bonchev–Trinajstić information content (AvgIpc) is 3.18. The van der Waals surface area contributed by atoms with Crippen molar-refractivity contribution in [1.29, 1.82) is 0 Å². The molecule has 1 aromatic heterocycles. The van der Waals surface area contributed by atoms with Crippen molar-refractivity contribution in [3.8, 4) is 0 Å². The summed E-state index contributed by atoms with van der Waals surface area (Å²) in [4.78, 5) is 11.5. The Kier molecular flexibility index (Phi) is 6.49. The van der Waals surface area contributed by atoms with Gasteiger partial charge >= 0.3 is 5.63 Å². The Balaban J connectivity index is 1.21. The van der Waals surface area contributed by atoms with E-state index < -0.39 is 36.3 Å². The van der Waals surface area contributed by atoms with Crippen molar-refractivity contribution in [2.24, 2.45) is 22.7 Å². The first kappa shape index (κ1) is 26.7. The van der Waals surface area contributed by atoms with Gasteiger partial charge in [-0.25, -0.2) is 4.79 Å². The minimum absolute atomic E-state index is 0.0213. The number of hydrogen-bond donors (Lipinski definition) is 4. The van der Waals surface area contributed by atoms with E-state index in [1.807, 2.05) is 6.07 Å². The molecule has 0 spiro atoms. The maximum atomic E-state index is 12.4. The third-order valence-electron chi connectivity index (χ3n) is 11.5. The number of fused-ring (bicyclic) bond motifs is 5. The van der Waals surface area contributed by atoms with Gasteiger partial charge in [0.2, 0.25) is 0 Å². The van der Waals surface area contributed by atoms with Crippen LogP contribution >= 0.6 is 0 Å². The Morgan fingerprint density at radius 2 is 1.74 bits per heavy atom. The van der Waals surface area contributed by atoms with Crippen molar-refractivity contribution < 1.29 is 34.3 Å². The summed E-state index contributed by atoms with van der Waals surface area (Å²) in [7, 11) is 0. The van der Waals surface area contributed by atoms with E-state index in [0.29, 0.717) is 5.92 Å². The molecule has 210 valence electrons. The summed E-state index contributed by atoms with van der Waals surface area (Å²) in [6.45, 7) is 6.26. The topological polar surface area (TPSA) is 130 Å². The predicted molar refractivity (Wildman–Crippen MR) is 138 cm³/mol. The van der Waals surface area contributed by atoms with E-state index in [9.17, 15) is 25.2 Å². The smallest absolute Gasteiger partial charge is 0.335 e. The first-order valence-corrected chi connectivity index (χ1v) is 14.4. The van der Waals surface area contributed by atoms with Crippen LogP contribution in [-0.4, -0.2) is 62.8 Å². The van der Waals surface area contributed by atoms with Gasteiger partial charge in [0.05, 0.1) is 24.1 Å². The first-order chi connectivity index (χ1) is 18.0. The minimum atomic E-state index is -1.31. The number of rotatable bonds is 3. The third kappa shape index (κ3) is 3.82. The van der Waals surface area contributed by atoms with E-state index in [0.717, 1.165) is 56.9 Å². The number of ether oxygens (including phenoxy) is 2. The number of allylic oxidation sites excluding steroid dienone is 1. The maximum absolute atomic E-state index is 12.4. The molecule has 0 bridgehead atoms. The molecule has 3 saturated carbocycles. The van der Waals surface area contributed by atoms with Crippen molar-refractivity contribution in [3.05, 3.63) is 46.0 Å². The monoisotopic (exact) mass is 530 g/mol. The zero-order valence-electron chi connectivity index (χ0n) is 22.6. The van der Waals surface area contributed by atoms with Crippen molar-refractivity contribution in [2.75, 3.05) is 0 Å². The van der Waals surface area contributed by atoms with Crippen LogP contribution in [-0.2, 0) is 9.47 Å². The van der Waals surface area contributed by atoms with Crippen molar-refractivity contribution >= 4 is 0 Å². The first-order valence-electron chi connectivity index (χ1n) is 14.4. The van der Waals surface area contributed by atoms with Crippen LogP contribution in [0.4, 0.5) is 0 Å². The lowest BCUT2D eigenvalue weighted by Gasteiger charge is -2.62. The highest BCUT2D eigenvalue weighted by molar-refractivity contribution is 5.31. The highest BCUT2D eigenvalue weighted by Crippen LogP contribution is 2.70. The molecule has 4 aliphatic carbocycles. The molecule has 1 aliphatic heterocycles. The lowest BCUT2D eigenvalue weighted by molar-refractivity contribution is -0.301. The Labute approximate surface area is 223 Å². The number of aliphatic hydroxyl groups is 4. The molecule has 0 radical (unpaired) electrons. The molecule has 1 saturated heterocycles. The van der Waals surface area contributed by atoms with Gasteiger partial charge in [-0.05, 0) is 93.1 Å². The van der Waals surface area contributed by atoms with Crippen LogP contribution in [0.2, 0.25) is 0 Å². The van der Waals surface area contributed by atoms with Gasteiger partial charge in [0.15, 0.2) is 6.29 Å².